The lowest BCUT2D eigenvalue weighted by Gasteiger charge is -2.10. The molecule has 19 heavy (non-hydrogen) atoms. The van der Waals surface area contributed by atoms with E-state index < -0.39 is 0 Å². The molecule has 0 unspecified atom stereocenters. The molecule has 0 aliphatic rings. The number of hydrogen-bond donors (Lipinski definition) is 1. The summed E-state index contributed by atoms with van der Waals surface area (Å²) in [7, 11) is 0. The number of rotatable bonds is 5. The SMILES string of the molecule is Cc1cc(-c2ccc(OC(C)C)cc2)n(CCN)n1. The van der Waals surface area contributed by atoms with E-state index in [1.807, 2.05) is 37.6 Å². The monoisotopic (exact) mass is 259 g/mol. The Hall–Kier alpha value is -1.81. The fourth-order valence-corrected chi connectivity index (χ4v) is 2.05. The van der Waals surface area contributed by atoms with E-state index in [9.17, 15) is 0 Å². The number of nitrogens with zero attached hydrogens (tertiary/aromatic N) is 2. The summed E-state index contributed by atoms with van der Waals surface area (Å²) < 4.78 is 7.60. The number of aromatic nitrogens is 2. The van der Waals surface area contributed by atoms with Crippen molar-refractivity contribution >= 4 is 0 Å². The molecule has 0 aliphatic heterocycles. The van der Waals surface area contributed by atoms with Crippen molar-refractivity contribution in [3.05, 3.63) is 36.0 Å². The third-order valence-electron chi connectivity index (χ3n) is 2.76. The minimum atomic E-state index is 0.191. The van der Waals surface area contributed by atoms with Crippen LogP contribution in [0.15, 0.2) is 30.3 Å². The van der Waals surface area contributed by atoms with Crippen molar-refractivity contribution in [2.75, 3.05) is 6.54 Å². The Morgan fingerprint density at radius 1 is 1.26 bits per heavy atom. The van der Waals surface area contributed by atoms with Gasteiger partial charge in [0.15, 0.2) is 0 Å². The molecule has 2 aromatic rings. The maximum absolute atomic E-state index is 5.65. The first-order chi connectivity index (χ1) is 9.10. The van der Waals surface area contributed by atoms with Gasteiger partial charge in [-0.3, -0.25) is 4.68 Å². The molecule has 0 aliphatic carbocycles. The minimum Gasteiger partial charge on any atom is -0.491 e. The highest BCUT2D eigenvalue weighted by Gasteiger charge is 2.07. The van der Waals surface area contributed by atoms with Gasteiger partial charge in [0.05, 0.1) is 24.0 Å². The summed E-state index contributed by atoms with van der Waals surface area (Å²) in [6.07, 6.45) is 0.191. The molecule has 0 radical (unpaired) electrons. The van der Waals surface area contributed by atoms with E-state index >= 15 is 0 Å². The molecule has 1 heterocycles. The Kier molecular flexibility index (Phi) is 4.22. The topological polar surface area (TPSA) is 53.1 Å². The largest absolute Gasteiger partial charge is 0.491 e. The van der Waals surface area contributed by atoms with Crippen LogP contribution in [0.2, 0.25) is 0 Å². The van der Waals surface area contributed by atoms with Gasteiger partial charge in [-0.15, -0.1) is 0 Å². The van der Waals surface area contributed by atoms with Crippen LogP contribution in [0, 0.1) is 6.92 Å². The molecular weight excluding hydrogens is 238 g/mol. The molecule has 0 spiro atoms. The molecule has 102 valence electrons. The van der Waals surface area contributed by atoms with Crippen LogP contribution >= 0.6 is 0 Å². The molecule has 0 atom stereocenters. The Morgan fingerprint density at radius 2 is 1.95 bits per heavy atom. The summed E-state index contributed by atoms with van der Waals surface area (Å²) in [4.78, 5) is 0. The minimum absolute atomic E-state index is 0.191. The lowest BCUT2D eigenvalue weighted by atomic mass is 10.1. The lowest BCUT2D eigenvalue weighted by Crippen LogP contribution is -2.12. The molecule has 0 amide bonds. The first-order valence-corrected chi connectivity index (χ1v) is 6.61. The zero-order valence-electron chi connectivity index (χ0n) is 11.8. The van der Waals surface area contributed by atoms with Gasteiger partial charge in [0.1, 0.15) is 5.75 Å². The number of hydrogen-bond acceptors (Lipinski definition) is 3. The van der Waals surface area contributed by atoms with E-state index in [-0.39, 0.29) is 6.10 Å². The van der Waals surface area contributed by atoms with Gasteiger partial charge in [0, 0.05) is 12.1 Å². The van der Waals surface area contributed by atoms with Crippen molar-refractivity contribution in [1.29, 1.82) is 0 Å². The van der Waals surface area contributed by atoms with Crippen LogP contribution in [-0.2, 0) is 6.54 Å². The first kappa shape index (κ1) is 13.6. The predicted molar refractivity (Wildman–Crippen MR) is 77.2 cm³/mol. The molecule has 0 saturated carbocycles. The Labute approximate surface area is 114 Å². The molecule has 4 nitrogen and oxygen atoms in total. The average Bonchev–Trinajstić information content (AvgIpc) is 2.71. The molecule has 2 rings (SSSR count). The quantitative estimate of drug-likeness (QED) is 0.898. The Morgan fingerprint density at radius 3 is 2.53 bits per heavy atom. The van der Waals surface area contributed by atoms with Gasteiger partial charge in [-0.2, -0.15) is 5.10 Å². The standard InChI is InChI=1S/C15H21N3O/c1-11(2)19-14-6-4-13(5-7-14)15-10-12(3)17-18(15)9-8-16/h4-7,10-11H,8-9,16H2,1-3H3. The van der Waals surface area contributed by atoms with Crippen molar-refractivity contribution in [3.8, 4) is 17.0 Å². The molecule has 0 bridgehead atoms. The van der Waals surface area contributed by atoms with Crippen LogP contribution in [0.5, 0.6) is 5.75 Å². The maximum Gasteiger partial charge on any atom is 0.119 e. The third-order valence-corrected chi connectivity index (χ3v) is 2.76. The maximum atomic E-state index is 5.65. The third kappa shape index (κ3) is 3.35. The van der Waals surface area contributed by atoms with Crippen molar-refractivity contribution in [1.82, 2.24) is 9.78 Å². The van der Waals surface area contributed by atoms with Crippen molar-refractivity contribution in [2.45, 2.75) is 33.4 Å². The van der Waals surface area contributed by atoms with Crippen LogP contribution in [0.1, 0.15) is 19.5 Å². The second-order valence-electron chi connectivity index (χ2n) is 4.87. The average molecular weight is 259 g/mol. The molecule has 2 N–H and O–H groups in total. The van der Waals surface area contributed by atoms with E-state index in [1.54, 1.807) is 0 Å². The molecule has 0 saturated heterocycles. The summed E-state index contributed by atoms with van der Waals surface area (Å²) in [6.45, 7) is 7.35. The number of ether oxygens (including phenoxy) is 1. The zero-order chi connectivity index (χ0) is 13.8. The molecule has 1 aromatic carbocycles. The van der Waals surface area contributed by atoms with E-state index in [4.69, 9.17) is 10.5 Å². The lowest BCUT2D eigenvalue weighted by molar-refractivity contribution is 0.242. The van der Waals surface area contributed by atoms with Crippen LogP contribution in [0.3, 0.4) is 0 Å². The number of benzene rings is 1. The van der Waals surface area contributed by atoms with E-state index in [0.29, 0.717) is 6.54 Å². The highest BCUT2D eigenvalue weighted by molar-refractivity contribution is 5.61. The van der Waals surface area contributed by atoms with Gasteiger partial charge < -0.3 is 10.5 Å². The van der Waals surface area contributed by atoms with Gasteiger partial charge in [0.25, 0.3) is 0 Å². The summed E-state index contributed by atoms with van der Waals surface area (Å²) in [6, 6.07) is 10.2. The second kappa shape index (κ2) is 5.89. The first-order valence-electron chi connectivity index (χ1n) is 6.61. The number of aryl methyl sites for hydroxylation is 1. The highest BCUT2D eigenvalue weighted by atomic mass is 16.5. The summed E-state index contributed by atoms with van der Waals surface area (Å²) in [5, 5.41) is 4.45. The molecule has 0 fully saturated rings. The second-order valence-corrected chi connectivity index (χ2v) is 4.87. The normalized spacial score (nSPS) is 11.0. The van der Waals surface area contributed by atoms with E-state index in [2.05, 4.69) is 23.3 Å². The Bertz CT molecular complexity index is 529. The van der Waals surface area contributed by atoms with Gasteiger partial charge in [-0.25, -0.2) is 0 Å². The number of nitrogens with two attached hydrogens (primary N) is 1. The van der Waals surface area contributed by atoms with Gasteiger partial charge in [-0.1, -0.05) is 0 Å². The van der Waals surface area contributed by atoms with Gasteiger partial charge >= 0.3 is 0 Å². The summed E-state index contributed by atoms with van der Waals surface area (Å²) in [5.41, 5.74) is 8.85. The molecular formula is C15H21N3O. The Balaban J connectivity index is 2.26. The smallest absolute Gasteiger partial charge is 0.119 e. The predicted octanol–water partition coefficient (Wildman–Crippen LogP) is 2.60. The molecule has 1 aromatic heterocycles. The summed E-state index contributed by atoms with van der Waals surface area (Å²) >= 11 is 0. The van der Waals surface area contributed by atoms with Crippen LogP contribution in [0.4, 0.5) is 0 Å². The fraction of sp³-hybridized carbons (Fsp3) is 0.400. The fourth-order valence-electron chi connectivity index (χ4n) is 2.05. The van der Waals surface area contributed by atoms with E-state index in [1.165, 1.54) is 0 Å². The van der Waals surface area contributed by atoms with E-state index in [0.717, 1.165) is 29.2 Å². The van der Waals surface area contributed by atoms with Crippen molar-refractivity contribution < 1.29 is 4.74 Å². The summed E-state index contributed by atoms with van der Waals surface area (Å²) in [5.74, 6) is 0.889. The van der Waals surface area contributed by atoms with Crippen molar-refractivity contribution in [3.63, 3.8) is 0 Å². The highest BCUT2D eigenvalue weighted by Crippen LogP contribution is 2.23. The zero-order valence-corrected chi connectivity index (χ0v) is 11.8. The molecule has 4 heteroatoms. The van der Waals surface area contributed by atoms with Crippen LogP contribution < -0.4 is 10.5 Å². The van der Waals surface area contributed by atoms with Crippen LogP contribution in [0.25, 0.3) is 11.3 Å². The van der Waals surface area contributed by atoms with Gasteiger partial charge in [0.2, 0.25) is 0 Å². The van der Waals surface area contributed by atoms with Crippen molar-refractivity contribution in [2.24, 2.45) is 5.73 Å². The van der Waals surface area contributed by atoms with Gasteiger partial charge in [-0.05, 0) is 51.1 Å². The van der Waals surface area contributed by atoms with Crippen LogP contribution in [-0.4, -0.2) is 22.4 Å².